The highest BCUT2D eigenvalue weighted by atomic mass is 15.6. The van der Waals surface area contributed by atoms with Crippen molar-refractivity contribution in [3.8, 4) is 0 Å². The Hall–Kier alpha value is -1.79. The molecule has 3 rings (SSSR count). The van der Waals surface area contributed by atoms with Crippen LogP contribution < -0.4 is 0 Å². The van der Waals surface area contributed by atoms with E-state index in [1.165, 1.54) is 5.56 Å². The van der Waals surface area contributed by atoms with Crippen LogP contribution in [0.4, 0.5) is 0 Å². The van der Waals surface area contributed by atoms with E-state index in [9.17, 15) is 0 Å². The summed E-state index contributed by atoms with van der Waals surface area (Å²) in [7, 11) is 0. The molecule has 26 heavy (non-hydrogen) atoms. The molecule has 0 amide bonds. The van der Waals surface area contributed by atoms with Crippen LogP contribution in [0.2, 0.25) is 0 Å². The van der Waals surface area contributed by atoms with Crippen LogP contribution in [0, 0.1) is 0 Å². The van der Waals surface area contributed by atoms with E-state index >= 15 is 0 Å². The third-order valence-corrected chi connectivity index (χ3v) is 5.71. The zero-order valence-corrected chi connectivity index (χ0v) is 16.6. The Morgan fingerprint density at radius 2 is 1.73 bits per heavy atom. The summed E-state index contributed by atoms with van der Waals surface area (Å²) in [5, 5.41) is 12.7. The standard InChI is InChI=1S/C20H32N6/c1-5-18(19-21-22-23-26(19)20(3,4)6-2)25-14-12-24(13-15-25)16-17-10-8-7-9-11-17/h7-11,18H,5-6,12-16H2,1-4H3. The molecular formula is C20H32N6. The average Bonchev–Trinajstić information content (AvgIpc) is 3.15. The Balaban J connectivity index is 1.65. The fourth-order valence-electron chi connectivity index (χ4n) is 3.66. The van der Waals surface area contributed by atoms with Crippen LogP contribution in [0.3, 0.4) is 0 Å². The van der Waals surface area contributed by atoms with E-state index in [0.29, 0.717) is 0 Å². The highest BCUT2D eigenvalue weighted by Gasteiger charge is 2.31. The second-order valence-corrected chi connectivity index (χ2v) is 7.84. The van der Waals surface area contributed by atoms with Crippen LogP contribution in [-0.2, 0) is 12.1 Å². The normalized spacial score (nSPS) is 18.2. The molecule has 0 radical (unpaired) electrons. The maximum absolute atomic E-state index is 4.41. The molecule has 0 bridgehead atoms. The quantitative estimate of drug-likeness (QED) is 0.763. The zero-order valence-electron chi connectivity index (χ0n) is 16.6. The first kappa shape index (κ1) is 19.0. The summed E-state index contributed by atoms with van der Waals surface area (Å²) in [6.45, 7) is 14.2. The molecule has 0 saturated carbocycles. The maximum Gasteiger partial charge on any atom is 0.168 e. The molecule has 1 aromatic carbocycles. The minimum Gasteiger partial charge on any atom is -0.297 e. The number of nitrogens with zero attached hydrogens (tertiary/aromatic N) is 6. The van der Waals surface area contributed by atoms with Crippen molar-refractivity contribution in [1.29, 1.82) is 0 Å². The van der Waals surface area contributed by atoms with Gasteiger partial charge in [-0.15, -0.1) is 5.10 Å². The number of tetrazole rings is 1. The largest absolute Gasteiger partial charge is 0.297 e. The molecule has 1 aliphatic rings. The minimum absolute atomic E-state index is 0.0542. The lowest BCUT2D eigenvalue weighted by Crippen LogP contribution is -2.48. The third kappa shape index (κ3) is 4.13. The lowest BCUT2D eigenvalue weighted by Gasteiger charge is -2.39. The van der Waals surface area contributed by atoms with Crippen molar-refractivity contribution in [1.82, 2.24) is 30.0 Å². The van der Waals surface area contributed by atoms with E-state index in [0.717, 1.165) is 51.4 Å². The predicted molar refractivity (Wildman–Crippen MR) is 104 cm³/mol. The van der Waals surface area contributed by atoms with E-state index in [1.54, 1.807) is 0 Å². The predicted octanol–water partition coefficient (Wildman–Crippen LogP) is 3.09. The molecule has 1 aromatic heterocycles. The van der Waals surface area contributed by atoms with Crippen LogP contribution in [0.5, 0.6) is 0 Å². The first-order valence-corrected chi connectivity index (χ1v) is 9.84. The number of hydrogen-bond acceptors (Lipinski definition) is 5. The summed E-state index contributed by atoms with van der Waals surface area (Å²) in [4.78, 5) is 5.09. The van der Waals surface area contributed by atoms with Crippen molar-refractivity contribution in [2.75, 3.05) is 26.2 Å². The molecule has 6 nitrogen and oxygen atoms in total. The third-order valence-electron chi connectivity index (χ3n) is 5.71. The first-order chi connectivity index (χ1) is 12.5. The Bertz CT molecular complexity index is 673. The van der Waals surface area contributed by atoms with Gasteiger partial charge < -0.3 is 0 Å². The monoisotopic (exact) mass is 356 g/mol. The van der Waals surface area contributed by atoms with E-state index < -0.39 is 0 Å². The molecular weight excluding hydrogens is 324 g/mol. The van der Waals surface area contributed by atoms with Gasteiger partial charge in [-0.05, 0) is 42.7 Å². The molecule has 1 atom stereocenters. The molecule has 1 saturated heterocycles. The zero-order chi connectivity index (χ0) is 18.6. The van der Waals surface area contributed by atoms with Gasteiger partial charge in [0.2, 0.25) is 0 Å². The van der Waals surface area contributed by atoms with Crippen molar-refractivity contribution >= 4 is 0 Å². The molecule has 0 N–H and O–H groups in total. The number of benzene rings is 1. The second kappa shape index (κ2) is 8.27. The van der Waals surface area contributed by atoms with Crippen LogP contribution in [-0.4, -0.2) is 56.2 Å². The topological polar surface area (TPSA) is 50.1 Å². The molecule has 142 valence electrons. The number of aromatic nitrogens is 4. The number of hydrogen-bond donors (Lipinski definition) is 0. The Morgan fingerprint density at radius 3 is 2.35 bits per heavy atom. The van der Waals surface area contributed by atoms with Crippen molar-refractivity contribution in [3.05, 3.63) is 41.7 Å². The van der Waals surface area contributed by atoms with Gasteiger partial charge in [0, 0.05) is 32.7 Å². The van der Waals surface area contributed by atoms with E-state index in [4.69, 9.17) is 0 Å². The molecule has 6 heteroatoms. The van der Waals surface area contributed by atoms with E-state index in [1.807, 2.05) is 4.68 Å². The van der Waals surface area contributed by atoms with Gasteiger partial charge in [-0.25, -0.2) is 4.68 Å². The van der Waals surface area contributed by atoms with Crippen LogP contribution in [0.25, 0.3) is 0 Å². The highest BCUT2D eigenvalue weighted by Crippen LogP contribution is 2.28. The van der Waals surface area contributed by atoms with Gasteiger partial charge in [0.05, 0.1) is 11.6 Å². The molecule has 1 fully saturated rings. The van der Waals surface area contributed by atoms with Crippen molar-refractivity contribution in [3.63, 3.8) is 0 Å². The van der Waals surface area contributed by atoms with Gasteiger partial charge >= 0.3 is 0 Å². The molecule has 1 aliphatic heterocycles. The second-order valence-electron chi connectivity index (χ2n) is 7.84. The molecule has 2 heterocycles. The Labute approximate surface area is 157 Å². The van der Waals surface area contributed by atoms with Crippen LogP contribution in [0.15, 0.2) is 30.3 Å². The molecule has 0 aliphatic carbocycles. The van der Waals surface area contributed by atoms with Gasteiger partial charge in [0.25, 0.3) is 0 Å². The van der Waals surface area contributed by atoms with Crippen molar-refractivity contribution in [2.45, 2.75) is 58.7 Å². The number of rotatable bonds is 7. The van der Waals surface area contributed by atoms with Gasteiger partial charge in [-0.2, -0.15) is 0 Å². The molecule has 0 spiro atoms. The fourth-order valence-corrected chi connectivity index (χ4v) is 3.66. The van der Waals surface area contributed by atoms with Crippen LogP contribution >= 0.6 is 0 Å². The van der Waals surface area contributed by atoms with Gasteiger partial charge in [0.15, 0.2) is 5.82 Å². The molecule has 1 unspecified atom stereocenters. The fraction of sp³-hybridized carbons (Fsp3) is 0.650. The SMILES string of the molecule is CCC(c1nnnn1C(C)(C)CC)N1CCN(Cc2ccccc2)CC1. The van der Waals surface area contributed by atoms with Gasteiger partial charge in [0.1, 0.15) is 0 Å². The Kier molecular flexibility index (Phi) is 6.04. The minimum atomic E-state index is -0.0542. The summed E-state index contributed by atoms with van der Waals surface area (Å²) < 4.78 is 2.04. The Morgan fingerprint density at radius 1 is 1.04 bits per heavy atom. The number of piperazine rings is 1. The maximum atomic E-state index is 4.41. The summed E-state index contributed by atoms with van der Waals surface area (Å²) in [6, 6.07) is 11.0. The van der Waals surface area contributed by atoms with E-state index in [-0.39, 0.29) is 11.6 Å². The van der Waals surface area contributed by atoms with Crippen LogP contribution in [0.1, 0.15) is 58.0 Å². The lowest BCUT2D eigenvalue weighted by atomic mass is 10.0. The summed E-state index contributed by atoms with van der Waals surface area (Å²) in [5.41, 5.74) is 1.34. The average molecular weight is 357 g/mol. The smallest absolute Gasteiger partial charge is 0.168 e. The van der Waals surface area contributed by atoms with Crippen molar-refractivity contribution < 1.29 is 0 Å². The first-order valence-electron chi connectivity index (χ1n) is 9.84. The molecule has 2 aromatic rings. The van der Waals surface area contributed by atoms with E-state index in [2.05, 4.69) is 83.4 Å². The summed E-state index contributed by atoms with van der Waals surface area (Å²) in [5.74, 6) is 1.01. The summed E-state index contributed by atoms with van der Waals surface area (Å²) >= 11 is 0. The highest BCUT2D eigenvalue weighted by molar-refractivity contribution is 5.14. The van der Waals surface area contributed by atoms with Gasteiger partial charge in [-0.1, -0.05) is 44.2 Å². The van der Waals surface area contributed by atoms with Gasteiger partial charge in [-0.3, -0.25) is 9.80 Å². The summed E-state index contributed by atoms with van der Waals surface area (Å²) in [6.07, 6.45) is 2.03. The lowest BCUT2D eigenvalue weighted by molar-refractivity contribution is 0.0812. The van der Waals surface area contributed by atoms with Crippen molar-refractivity contribution in [2.24, 2.45) is 0 Å².